The maximum Gasteiger partial charge on any atom is 0.287 e. The molecule has 0 saturated carbocycles. The van der Waals surface area contributed by atoms with Crippen LogP contribution in [-0.4, -0.2) is 31.5 Å². The highest BCUT2D eigenvalue weighted by Gasteiger charge is 2.11. The number of rotatable bonds is 8. The lowest BCUT2D eigenvalue weighted by Crippen LogP contribution is -2.38. The Balaban J connectivity index is 0.00000364. The van der Waals surface area contributed by atoms with Crippen molar-refractivity contribution in [3.63, 3.8) is 0 Å². The Bertz CT molecular complexity index is 749. The fraction of sp³-hybridized carbons (Fsp3) is 0.368. The molecular formula is C19H26ClIN4O2. The zero-order chi connectivity index (χ0) is 18.8. The van der Waals surface area contributed by atoms with Crippen LogP contribution in [0.1, 0.15) is 35.0 Å². The summed E-state index contributed by atoms with van der Waals surface area (Å²) in [4.78, 5) is 16.5. The molecule has 1 aromatic heterocycles. The van der Waals surface area contributed by atoms with E-state index in [1.165, 1.54) is 6.26 Å². The van der Waals surface area contributed by atoms with Gasteiger partial charge in [0.1, 0.15) is 0 Å². The fourth-order valence-corrected chi connectivity index (χ4v) is 2.54. The molecule has 3 N–H and O–H groups in total. The van der Waals surface area contributed by atoms with Crippen molar-refractivity contribution in [3.05, 3.63) is 58.5 Å². The first-order chi connectivity index (χ1) is 12.6. The normalized spacial score (nSPS) is 10.9. The zero-order valence-corrected chi connectivity index (χ0v) is 18.6. The maximum atomic E-state index is 11.9. The Hall–Kier alpha value is -1.74. The van der Waals surface area contributed by atoms with Crippen molar-refractivity contribution in [3.8, 4) is 0 Å². The van der Waals surface area contributed by atoms with Crippen molar-refractivity contribution in [1.29, 1.82) is 0 Å². The third kappa shape index (κ3) is 8.21. The van der Waals surface area contributed by atoms with Crippen LogP contribution in [0, 0.1) is 6.92 Å². The largest absolute Gasteiger partial charge is 0.459 e. The monoisotopic (exact) mass is 504 g/mol. The minimum absolute atomic E-state index is 0. The van der Waals surface area contributed by atoms with Crippen molar-refractivity contribution < 1.29 is 9.21 Å². The Morgan fingerprint density at radius 2 is 1.96 bits per heavy atom. The molecule has 0 radical (unpaired) electrons. The number of aliphatic imine (C=N–C) groups is 1. The average molecular weight is 505 g/mol. The molecule has 1 aromatic carbocycles. The van der Waals surface area contributed by atoms with Crippen LogP contribution in [0.25, 0.3) is 0 Å². The van der Waals surface area contributed by atoms with E-state index in [1.54, 1.807) is 6.07 Å². The molecule has 0 fully saturated rings. The lowest BCUT2D eigenvalue weighted by molar-refractivity contribution is 0.0925. The quantitative estimate of drug-likeness (QED) is 0.222. The molecule has 1 amide bonds. The highest BCUT2D eigenvalue weighted by Crippen LogP contribution is 2.11. The Morgan fingerprint density at radius 3 is 2.63 bits per heavy atom. The summed E-state index contributed by atoms with van der Waals surface area (Å²) in [6.45, 7) is 6.43. The van der Waals surface area contributed by atoms with Gasteiger partial charge in [0.25, 0.3) is 5.91 Å². The molecule has 0 spiro atoms. The van der Waals surface area contributed by atoms with Crippen molar-refractivity contribution in [2.45, 2.75) is 26.8 Å². The standard InChI is InChI=1S/C19H25ClN4O2.HI/c1-3-21-19(24-13-15-6-4-7-16(20)12-15)23-10-5-9-22-18(25)17-14(2)8-11-26-17;/h4,6-8,11-12H,3,5,9-10,13H2,1-2H3,(H,22,25)(H2,21,23,24);1H. The molecule has 0 aliphatic rings. The van der Waals surface area contributed by atoms with Crippen molar-refractivity contribution in [2.24, 2.45) is 4.99 Å². The molecule has 0 aliphatic carbocycles. The number of aryl methyl sites for hydroxylation is 1. The van der Waals surface area contributed by atoms with Crippen LogP contribution in [0.15, 0.2) is 46.0 Å². The number of furan rings is 1. The van der Waals surface area contributed by atoms with E-state index in [-0.39, 0.29) is 29.9 Å². The van der Waals surface area contributed by atoms with Gasteiger partial charge in [-0.1, -0.05) is 23.7 Å². The number of benzene rings is 1. The van der Waals surface area contributed by atoms with Gasteiger partial charge in [0, 0.05) is 30.2 Å². The Labute approximate surface area is 182 Å². The van der Waals surface area contributed by atoms with Crippen LogP contribution in [0.3, 0.4) is 0 Å². The highest BCUT2D eigenvalue weighted by atomic mass is 127. The van der Waals surface area contributed by atoms with Crippen LogP contribution >= 0.6 is 35.6 Å². The molecule has 0 atom stereocenters. The number of hydrogen-bond donors (Lipinski definition) is 3. The van der Waals surface area contributed by atoms with Gasteiger partial charge < -0.3 is 20.4 Å². The summed E-state index contributed by atoms with van der Waals surface area (Å²) in [5.74, 6) is 0.920. The van der Waals surface area contributed by atoms with Crippen molar-refractivity contribution in [1.82, 2.24) is 16.0 Å². The van der Waals surface area contributed by atoms with E-state index in [0.29, 0.717) is 30.4 Å². The van der Waals surface area contributed by atoms with Crippen LogP contribution < -0.4 is 16.0 Å². The molecule has 148 valence electrons. The van der Waals surface area contributed by atoms with E-state index in [1.807, 2.05) is 38.1 Å². The summed E-state index contributed by atoms with van der Waals surface area (Å²) in [5.41, 5.74) is 1.89. The number of nitrogens with zero attached hydrogens (tertiary/aromatic N) is 1. The second kappa shape index (κ2) is 12.6. The Morgan fingerprint density at radius 1 is 1.19 bits per heavy atom. The van der Waals surface area contributed by atoms with Gasteiger partial charge in [0.2, 0.25) is 0 Å². The number of guanidine groups is 1. The topological polar surface area (TPSA) is 78.7 Å². The maximum absolute atomic E-state index is 11.9. The lowest BCUT2D eigenvalue weighted by Gasteiger charge is -2.11. The third-order valence-corrected chi connectivity index (χ3v) is 3.89. The molecule has 0 unspecified atom stereocenters. The second-order valence-electron chi connectivity index (χ2n) is 5.79. The lowest BCUT2D eigenvalue weighted by atomic mass is 10.2. The zero-order valence-electron chi connectivity index (χ0n) is 15.5. The summed E-state index contributed by atoms with van der Waals surface area (Å²) in [6.07, 6.45) is 2.29. The van der Waals surface area contributed by atoms with Gasteiger partial charge in [-0.05, 0) is 44.0 Å². The minimum Gasteiger partial charge on any atom is -0.459 e. The molecule has 27 heavy (non-hydrogen) atoms. The molecule has 2 aromatic rings. The van der Waals surface area contributed by atoms with E-state index < -0.39 is 0 Å². The van der Waals surface area contributed by atoms with Crippen LogP contribution in [0.2, 0.25) is 5.02 Å². The molecule has 0 bridgehead atoms. The number of carbonyl (C=O) groups is 1. The van der Waals surface area contributed by atoms with Gasteiger partial charge in [-0.25, -0.2) is 4.99 Å². The van der Waals surface area contributed by atoms with E-state index in [2.05, 4.69) is 20.9 Å². The van der Waals surface area contributed by atoms with Gasteiger partial charge >= 0.3 is 0 Å². The second-order valence-corrected chi connectivity index (χ2v) is 6.23. The summed E-state index contributed by atoms with van der Waals surface area (Å²) >= 11 is 5.99. The van der Waals surface area contributed by atoms with E-state index in [9.17, 15) is 4.79 Å². The van der Waals surface area contributed by atoms with Crippen molar-refractivity contribution in [2.75, 3.05) is 19.6 Å². The van der Waals surface area contributed by atoms with E-state index in [4.69, 9.17) is 16.0 Å². The number of hydrogen-bond acceptors (Lipinski definition) is 3. The molecule has 8 heteroatoms. The first kappa shape index (κ1) is 23.3. The predicted octanol–water partition coefficient (Wildman–Crippen LogP) is 3.73. The Kier molecular flexibility index (Phi) is 10.9. The van der Waals surface area contributed by atoms with Crippen LogP contribution in [0.4, 0.5) is 0 Å². The first-order valence-electron chi connectivity index (χ1n) is 8.69. The number of amides is 1. The van der Waals surface area contributed by atoms with Gasteiger partial charge in [-0.2, -0.15) is 0 Å². The van der Waals surface area contributed by atoms with Crippen molar-refractivity contribution >= 4 is 47.4 Å². The molecular weight excluding hydrogens is 479 g/mol. The van der Waals surface area contributed by atoms with Crippen LogP contribution in [0.5, 0.6) is 0 Å². The first-order valence-corrected chi connectivity index (χ1v) is 9.07. The number of halogens is 2. The van der Waals surface area contributed by atoms with Gasteiger partial charge in [-0.15, -0.1) is 24.0 Å². The molecule has 1 heterocycles. The third-order valence-electron chi connectivity index (χ3n) is 3.65. The summed E-state index contributed by atoms with van der Waals surface area (Å²) in [7, 11) is 0. The predicted molar refractivity (Wildman–Crippen MR) is 120 cm³/mol. The molecule has 6 nitrogen and oxygen atoms in total. The summed E-state index contributed by atoms with van der Waals surface area (Å²) < 4.78 is 5.17. The molecule has 2 rings (SSSR count). The van der Waals surface area contributed by atoms with E-state index in [0.717, 1.165) is 30.1 Å². The summed E-state index contributed by atoms with van der Waals surface area (Å²) in [6, 6.07) is 9.43. The summed E-state index contributed by atoms with van der Waals surface area (Å²) in [5, 5.41) is 10.0. The molecule has 0 saturated heterocycles. The number of nitrogens with one attached hydrogen (secondary N) is 3. The van der Waals surface area contributed by atoms with Gasteiger partial charge in [-0.3, -0.25) is 4.79 Å². The minimum atomic E-state index is -0.186. The molecule has 0 aliphatic heterocycles. The van der Waals surface area contributed by atoms with Gasteiger partial charge in [0.05, 0.1) is 12.8 Å². The SMILES string of the molecule is CCNC(=NCc1cccc(Cl)c1)NCCCNC(=O)c1occc1C.I. The average Bonchev–Trinajstić information content (AvgIpc) is 3.05. The smallest absolute Gasteiger partial charge is 0.287 e. The van der Waals surface area contributed by atoms with E-state index >= 15 is 0 Å². The fourth-order valence-electron chi connectivity index (χ4n) is 2.33. The van der Waals surface area contributed by atoms with Gasteiger partial charge in [0.15, 0.2) is 11.7 Å². The highest BCUT2D eigenvalue weighted by molar-refractivity contribution is 14.0. The van der Waals surface area contributed by atoms with Crippen LogP contribution in [-0.2, 0) is 6.54 Å². The number of carbonyl (C=O) groups excluding carboxylic acids is 1.